The zero-order valence-electron chi connectivity index (χ0n) is 12.0. The Labute approximate surface area is 127 Å². The number of morpholine rings is 1. The fraction of sp³-hybridized carbons (Fsp3) is 0.571. The molecule has 1 amide bonds. The Bertz CT molecular complexity index is 582. The van der Waals surface area contributed by atoms with Crippen LogP contribution in [0.1, 0.15) is 12.1 Å². The second-order valence-corrected chi connectivity index (χ2v) is 5.31. The molecule has 2 saturated heterocycles. The quantitative estimate of drug-likeness (QED) is 0.772. The Morgan fingerprint density at radius 3 is 2.77 bits per heavy atom. The molecule has 0 saturated carbocycles. The van der Waals surface area contributed by atoms with Gasteiger partial charge in [0.05, 0.1) is 32.2 Å². The van der Waals surface area contributed by atoms with Crippen molar-refractivity contribution in [1.82, 2.24) is 14.9 Å². The summed E-state index contributed by atoms with van der Waals surface area (Å²) in [6.07, 6.45) is 1.82. The largest absolute Gasteiger partial charge is 0.378 e. The number of anilines is 1. The van der Waals surface area contributed by atoms with Gasteiger partial charge in [-0.05, 0) is 0 Å². The Morgan fingerprint density at radius 1 is 1.36 bits per heavy atom. The van der Waals surface area contributed by atoms with Crippen LogP contribution in [0.15, 0.2) is 12.4 Å². The molecule has 3 rings (SSSR count). The maximum absolute atomic E-state index is 13.8. The number of ether oxygens (including phenoxy) is 1. The summed E-state index contributed by atoms with van der Waals surface area (Å²) >= 11 is 0. The predicted molar refractivity (Wildman–Crippen MR) is 74.8 cm³/mol. The minimum absolute atomic E-state index is 0.102. The highest BCUT2D eigenvalue weighted by Gasteiger charge is 2.40. The summed E-state index contributed by atoms with van der Waals surface area (Å²) in [6, 6.07) is 1.31. The van der Waals surface area contributed by atoms with Crippen LogP contribution in [0.3, 0.4) is 0 Å². The van der Waals surface area contributed by atoms with E-state index in [0.29, 0.717) is 32.1 Å². The number of rotatable bonds is 2. The number of hydrogen-bond donors (Lipinski definition) is 0. The molecule has 2 aliphatic heterocycles. The van der Waals surface area contributed by atoms with Crippen molar-refractivity contribution in [3.8, 4) is 6.07 Å². The van der Waals surface area contributed by atoms with Crippen LogP contribution >= 0.6 is 0 Å². The summed E-state index contributed by atoms with van der Waals surface area (Å²) in [5.74, 6) is 0.320. The first-order chi connectivity index (χ1) is 10.7. The zero-order chi connectivity index (χ0) is 15.5. The molecule has 0 aliphatic carbocycles. The summed E-state index contributed by atoms with van der Waals surface area (Å²) < 4.78 is 19.1. The third-order valence-electron chi connectivity index (χ3n) is 3.90. The first-order valence-electron chi connectivity index (χ1n) is 7.18. The topological polar surface area (TPSA) is 82.4 Å². The second-order valence-electron chi connectivity index (χ2n) is 5.31. The van der Waals surface area contributed by atoms with Gasteiger partial charge in [-0.2, -0.15) is 5.26 Å². The van der Waals surface area contributed by atoms with E-state index in [1.54, 1.807) is 9.80 Å². The Hall–Kier alpha value is -2.27. The Balaban J connectivity index is 1.79. The number of carbonyl (C=O) groups excluding carboxylic acids is 1. The van der Waals surface area contributed by atoms with Crippen molar-refractivity contribution >= 4 is 11.7 Å². The van der Waals surface area contributed by atoms with Crippen LogP contribution in [0.4, 0.5) is 10.2 Å². The Kier molecular flexibility index (Phi) is 4.15. The van der Waals surface area contributed by atoms with Gasteiger partial charge in [0.1, 0.15) is 24.1 Å². The maximum Gasteiger partial charge on any atom is 0.245 e. The molecule has 0 spiro atoms. The lowest BCUT2D eigenvalue weighted by Gasteiger charge is -2.32. The number of aromatic nitrogens is 2. The lowest BCUT2D eigenvalue weighted by Crippen LogP contribution is -2.50. The molecule has 0 N–H and O–H groups in total. The molecule has 1 aromatic rings. The highest BCUT2D eigenvalue weighted by atomic mass is 19.1. The molecular weight excluding hydrogens is 289 g/mol. The lowest BCUT2D eigenvalue weighted by atomic mass is 10.1. The molecule has 0 aromatic carbocycles. The first kappa shape index (κ1) is 14.7. The van der Waals surface area contributed by atoms with Crippen LogP contribution in [-0.2, 0) is 9.53 Å². The van der Waals surface area contributed by atoms with Gasteiger partial charge in [-0.3, -0.25) is 4.79 Å². The lowest BCUT2D eigenvalue weighted by molar-refractivity contribution is -0.136. The fourth-order valence-electron chi connectivity index (χ4n) is 2.79. The van der Waals surface area contributed by atoms with E-state index in [0.717, 1.165) is 0 Å². The number of halogens is 1. The van der Waals surface area contributed by atoms with Gasteiger partial charge in [0.15, 0.2) is 5.69 Å². The van der Waals surface area contributed by atoms with Crippen molar-refractivity contribution in [2.24, 2.45) is 0 Å². The number of carbonyl (C=O) groups is 1. The highest BCUT2D eigenvalue weighted by molar-refractivity contribution is 5.86. The maximum atomic E-state index is 13.8. The van der Waals surface area contributed by atoms with E-state index in [-0.39, 0.29) is 24.6 Å². The van der Waals surface area contributed by atoms with Crippen molar-refractivity contribution in [2.45, 2.75) is 18.6 Å². The van der Waals surface area contributed by atoms with Crippen LogP contribution < -0.4 is 4.90 Å². The fourth-order valence-corrected chi connectivity index (χ4v) is 2.79. The summed E-state index contributed by atoms with van der Waals surface area (Å²) in [4.78, 5) is 24.0. The van der Waals surface area contributed by atoms with E-state index < -0.39 is 12.2 Å². The van der Waals surface area contributed by atoms with Gasteiger partial charge in [-0.25, -0.2) is 14.4 Å². The number of nitrogens with zero attached hydrogens (tertiary/aromatic N) is 5. The van der Waals surface area contributed by atoms with Gasteiger partial charge in [-0.1, -0.05) is 0 Å². The first-order valence-corrected chi connectivity index (χ1v) is 7.18. The minimum atomic E-state index is -1.08. The zero-order valence-corrected chi connectivity index (χ0v) is 12.0. The number of hydrogen-bond acceptors (Lipinski definition) is 6. The third kappa shape index (κ3) is 2.85. The Morgan fingerprint density at radius 2 is 2.14 bits per heavy atom. The average Bonchev–Trinajstić information content (AvgIpc) is 2.97. The highest BCUT2D eigenvalue weighted by Crippen LogP contribution is 2.27. The molecule has 2 aliphatic rings. The number of alkyl halides is 1. The summed E-state index contributed by atoms with van der Waals surface area (Å²) in [7, 11) is 0. The van der Waals surface area contributed by atoms with E-state index in [1.165, 1.54) is 12.4 Å². The normalized spacial score (nSPS) is 25.1. The van der Waals surface area contributed by atoms with E-state index in [4.69, 9.17) is 10.00 Å². The van der Waals surface area contributed by atoms with Gasteiger partial charge < -0.3 is 14.5 Å². The van der Waals surface area contributed by atoms with Gasteiger partial charge in [0.25, 0.3) is 0 Å². The van der Waals surface area contributed by atoms with E-state index >= 15 is 0 Å². The summed E-state index contributed by atoms with van der Waals surface area (Å²) in [5, 5.41) is 8.75. The number of amides is 1. The molecule has 3 heterocycles. The SMILES string of the molecule is N#Cc1cnc(N2C[C@H](F)C[C@H]2C(=O)N2CCOCC2)cn1. The third-order valence-corrected chi connectivity index (χ3v) is 3.90. The molecule has 2 fully saturated rings. The van der Waals surface area contributed by atoms with Crippen molar-refractivity contribution in [1.29, 1.82) is 5.26 Å². The molecule has 7 nitrogen and oxygen atoms in total. The monoisotopic (exact) mass is 305 g/mol. The van der Waals surface area contributed by atoms with Crippen LogP contribution in [0, 0.1) is 11.3 Å². The molecule has 116 valence electrons. The van der Waals surface area contributed by atoms with Crippen LogP contribution in [0.5, 0.6) is 0 Å². The molecular formula is C14H16FN5O2. The molecule has 0 bridgehead atoms. The molecule has 8 heteroatoms. The molecule has 1 aromatic heterocycles. The minimum Gasteiger partial charge on any atom is -0.378 e. The van der Waals surface area contributed by atoms with Gasteiger partial charge >= 0.3 is 0 Å². The summed E-state index contributed by atoms with van der Waals surface area (Å²) in [6.45, 7) is 2.18. The average molecular weight is 305 g/mol. The van der Waals surface area contributed by atoms with E-state index in [9.17, 15) is 9.18 Å². The van der Waals surface area contributed by atoms with Crippen LogP contribution in [-0.4, -0.2) is 65.8 Å². The standard InChI is InChI=1S/C14H16FN5O2/c15-10-5-12(14(21)19-1-3-22-4-2-19)20(9-10)13-8-17-11(6-16)7-18-13/h7-8,10,12H,1-5,9H2/t10-,12+/m1/s1. The van der Waals surface area contributed by atoms with Crippen molar-refractivity contribution in [3.05, 3.63) is 18.1 Å². The van der Waals surface area contributed by atoms with Gasteiger partial charge in [0.2, 0.25) is 5.91 Å². The molecule has 0 unspecified atom stereocenters. The van der Waals surface area contributed by atoms with E-state index in [2.05, 4.69) is 9.97 Å². The van der Waals surface area contributed by atoms with E-state index in [1.807, 2.05) is 6.07 Å². The second kappa shape index (κ2) is 6.23. The van der Waals surface area contributed by atoms with Gasteiger partial charge in [-0.15, -0.1) is 0 Å². The van der Waals surface area contributed by atoms with Crippen molar-refractivity contribution in [2.75, 3.05) is 37.7 Å². The van der Waals surface area contributed by atoms with Crippen molar-refractivity contribution in [3.63, 3.8) is 0 Å². The molecule has 2 atom stereocenters. The number of nitriles is 1. The summed E-state index contributed by atoms with van der Waals surface area (Å²) in [5.41, 5.74) is 0.191. The van der Waals surface area contributed by atoms with Crippen LogP contribution in [0.25, 0.3) is 0 Å². The predicted octanol–water partition coefficient (Wildman–Crippen LogP) is 0.124. The van der Waals surface area contributed by atoms with Crippen molar-refractivity contribution < 1.29 is 13.9 Å². The molecule has 0 radical (unpaired) electrons. The molecule has 22 heavy (non-hydrogen) atoms. The van der Waals surface area contributed by atoms with Crippen LogP contribution in [0.2, 0.25) is 0 Å². The van der Waals surface area contributed by atoms with Gasteiger partial charge in [0, 0.05) is 19.5 Å². The smallest absolute Gasteiger partial charge is 0.245 e.